The molecule has 0 aliphatic rings. The molecular weight excluding hydrogens is 148 g/mol. The van der Waals surface area contributed by atoms with E-state index in [1.54, 1.807) is 6.92 Å². The van der Waals surface area contributed by atoms with E-state index in [0.717, 1.165) is 0 Å². The van der Waals surface area contributed by atoms with Gasteiger partial charge in [-0.2, -0.15) is 0 Å². The zero-order chi connectivity index (χ0) is 8.27. The van der Waals surface area contributed by atoms with Gasteiger partial charge in [0.2, 0.25) is 5.69 Å². The number of carbonyl (C=O) groups excluding carboxylic acids is 1. The van der Waals surface area contributed by atoms with Crippen LogP contribution in [-0.2, 0) is 0 Å². The Morgan fingerprint density at radius 1 is 1.73 bits per heavy atom. The number of hydrogen-bond acceptors (Lipinski definition) is 3. The smallest absolute Gasteiger partial charge is 0.297 e. The van der Waals surface area contributed by atoms with Crippen molar-refractivity contribution in [1.82, 2.24) is 20.7 Å². The third-order valence-electron chi connectivity index (χ3n) is 1.10. The lowest BCUT2D eigenvalue weighted by atomic mass is 10.4. The van der Waals surface area contributed by atoms with Crippen LogP contribution in [-0.4, -0.2) is 27.9 Å². The van der Waals surface area contributed by atoms with Gasteiger partial charge < -0.3 is 5.32 Å². The Bertz CT molecular complexity index is 299. The fraction of sp³-hybridized carbons (Fsp3) is 0.400. The minimum absolute atomic E-state index is 0.133. The molecule has 0 radical (unpaired) electrons. The highest BCUT2D eigenvalue weighted by molar-refractivity contribution is 5.91. The normalized spacial score (nSPS) is 9.55. The lowest BCUT2D eigenvalue weighted by Crippen LogP contribution is -2.27. The van der Waals surface area contributed by atoms with Gasteiger partial charge in [0, 0.05) is 6.54 Å². The summed E-state index contributed by atoms with van der Waals surface area (Å²) in [4.78, 5) is 21.6. The quantitative estimate of drug-likeness (QED) is 0.504. The van der Waals surface area contributed by atoms with Crippen LogP contribution in [0, 0.1) is 0 Å². The van der Waals surface area contributed by atoms with Gasteiger partial charge >= 0.3 is 0 Å². The van der Waals surface area contributed by atoms with Crippen LogP contribution in [0.3, 0.4) is 0 Å². The summed E-state index contributed by atoms with van der Waals surface area (Å²) in [6.07, 6.45) is 0. The molecule has 6 nitrogen and oxygen atoms in total. The number of hydrogen-bond donors (Lipinski definition) is 3. The summed E-state index contributed by atoms with van der Waals surface area (Å²) in [5.41, 5.74) is -0.636. The number of aromatic nitrogens is 3. The summed E-state index contributed by atoms with van der Waals surface area (Å²) in [6.45, 7) is 2.24. The molecule has 0 aliphatic heterocycles. The second kappa shape index (κ2) is 3.00. The summed E-state index contributed by atoms with van der Waals surface area (Å²) in [6, 6.07) is 0. The lowest BCUT2D eigenvalue weighted by Gasteiger charge is -1.93. The molecule has 6 heteroatoms. The maximum atomic E-state index is 10.9. The number of rotatable bonds is 2. The number of carbonyl (C=O) groups is 1. The van der Waals surface area contributed by atoms with Crippen LogP contribution in [0.2, 0.25) is 0 Å². The standard InChI is InChI=1S/C5H8N4O2/c1-2-6-4(10)3-5(11)8-9-7-3/h2H2,1H3,(H,6,10)(H2,7,8,9,11). The Kier molecular flexibility index (Phi) is 2.05. The maximum Gasteiger partial charge on any atom is 0.297 e. The second-order valence-corrected chi connectivity index (χ2v) is 1.89. The van der Waals surface area contributed by atoms with Crippen LogP contribution in [0.4, 0.5) is 0 Å². The number of H-pyrrole nitrogens is 2. The van der Waals surface area contributed by atoms with Gasteiger partial charge in [0.05, 0.1) is 0 Å². The number of nitrogens with zero attached hydrogens (tertiary/aromatic N) is 1. The predicted octanol–water partition coefficient (Wildman–Crippen LogP) is -1.15. The van der Waals surface area contributed by atoms with Crippen molar-refractivity contribution in [3.05, 3.63) is 16.0 Å². The highest BCUT2D eigenvalue weighted by atomic mass is 16.2. The van der Waals surface area contributed by atoms with E-state index < -0.39 is 11.5 Å². The molecule has 0 saturated heterocycles. The van der Waals surface area contributed by atoms with Crippen LogP contribution >= 0.6 is 0 Å². The van der Waals surface area contributed by atoms with Gasteiger partial charge in [-0.1, -0.05) is 0 Å². The minimum Gasteiger partial charge on any atom is -0.351 e. The van der Waals surface area contributed by atoms with E-state index in [4.69, 9.17) is 0 Å². The molecule has 1 aromatic rings. The first-order valence-electron chi connectivity index (χ1n) is 3.17. The third-order valence-corrected chi connectivity index (χ3v) is 1.10. The SMILES string of the molecule is CCNC(=O)c1n[nH][nH]c1=O. The fourth-order valence-corrected chi connectivity index (χ4v) is 0.643. The molecule has 3 N–H and O–H groups in total. The predicted molar refractivity (Wildman–Crippen MR) is 37.2 cm³/mol. The lowest BCUT2D eigenvalue weighted by molar-refractivity contribution is 0.0949. The highest BCUT2D eigenvalue weighted by Crippen LogP contribution is 1.78. The summed E-state index contributed by atoms with van der Waals surface area (Å²) >= 11 is 0. The van der Waals surface area contributed by atoms with Gasteiger partial charge in [-0.25, -0.2) is 10.3 Å². The zero-order valence-corrected chi connectivity index (χ0v) is 5.97. The molecule has 60 valence electrons. The van der Waals surface area contributed by atoms with Gasteiger partial charge in [0.25, 0.3) is 11.5 Å². The van der Waals surface area contributed by atoms with Crippen LogP contribution in [0.25, 0.3) is 0 Å². The van der Waals surface area contributed by atoms with Crippen molar-refractivity contribution in [2.75, 3.05) is 6.54 Å². The fourth-order valence-electron chi connectivity index (χ4n) is 0.643. The number of amides is 1. The molecule has 0 fully saturated rings. The molecule has 0 saturated carbocycles. The first-order chi connectivity index (χ1) is 5.25. The molecule has 1 aromatic heterocycles. The third kappa shape index (κ3) is 1.46. The molecular formula is C5H8N4O2. The van der Waals surface area contributed by atoms with Gasteiger partial charge in [-0.3, -0.25) is 9.59 Å². The first kappa shape index (κ1) is 7.52. The maximum absolute atomic E-state index is 10.9. The molecule has 0 unspecified atom stereocenters. The molecule has 0 atom stereocenters. The summed E-state index contributed by atoms with van der Waals surface area (Å²) in [5, 5.41) is 10.2. The van der Waals surface area contributed by atoms with E-state index in [1.165, 1.54) is 0 Å². The molecule has 1 amide bonds. The summed E-state index contributed by atoms with van der Waals surface area (Å²) < 4.78 is 0. The van der Waals surface area contributed by atoms with Crippen LogP contribution in [0.15, 0.2) is 4.79 Å². The Balaban J connectivity index is 2.85. The van der Waals surface area contributed by atoms with Crippen molar-refractivity contribution in [1.29, 1.82) is 0 Å². The minimum atomic E-state index is -0.504. The van der Waals surface area contributed by atoms with Crippen molar-refractivity contribution < 1.29 is 4.79 Å². The molecule has 1 rings (SSSR count). The van der Waals surface area contributed by atoms with E-state index >= 15 is 0 Å². The molecule has 0 bridgehead atoms. The van der Waals surface area contributed by atoms with E-state index in [2.05, 4.69) is 20.7 Å². The van der Waals surface area contributed by atoms with E-state index in [-0.39, 0.29) is 5.69 Å². The molecule has 1 heterocycles. The van der Waals surface area contributed by atoms with Crippen molar-refractivity contribution in [2.45, 2.75) is 6.92 Å². The van der Waals surface area contributed by atoms with Gasteiger partial charge in [0.1, 0.15) is 0 Å². The Morgan fingerprint density at radius 2 is 2.45 bits per heavy atom. The van der Waals surface area contributed by atoms with E-state index in [1.807, 2.05) is 0 Å². The molecule has 0 spiro atoms. The van der Waals surface area contributed by atoms with Crippen molar-refractivity contribution in [3.8, 4) is 0 Å². The molecule has 0 aromatic carbocycles. The Hall–Kier alpha value is -1.59. The largest absolute Gasteiger partial charge is 0.351 e. The van der Waals surface area contributed by atoms with E-state index in [0.29, 0.717) is 6.54 Å². The van der Waals surface area contributed by atoms with Gasteiger partial charge in [0.15, 0.2) is 0 Å². The second-order valence-electron chi connectivity index (χ2n) is 1.89. The average molecular weight is 156 g/mol. The number of aromatic amines is 2. The van der Waals surface area contributed by atoms with Crippen molar-refractivity contribution >= 4 is 5.91 Å². The van der Waals surface area contributed by atoms with Crippen LogP contribution in [0.1, 0.15) is 17.4 Å². The zero-order valence-electron chi connectivity index (χ0n) is 5.97. The average Bonchev–Trinajstić information content (AvgIpc) is 2.36. The number of nitrogens with one attached hydrogen (secondary N) is 3. The van der Waals surface area contributed by atoms with Crippen LogP contribution < -0.4 is 10.9 Å². The van der Waals surface area contributed by atoms with Crippen LogP contribution in [0.5, 0.6) is 0 Å². The van der Waals surface area contributed by atoms with Gasteiger partial charge in [-0.15, -0.1) is 5.10 Å². The van der Waals surface area contributed by atoms with Crippen molar-refractivity contribution in [2.24, 2.45) is 0 Å². The topological polar surface area (TPSA) is 90.6 Å². The molecule has 11 heavy (non-hydrogen) atoms. The summed E-state index contributed by atoms with van der Waals surface area (Å²) in [7, 11) is 0. The first-order valence-corrected chi connectivity index (χ1v) is 3.17. The monoisotopic (exact) mass is 156 g/mol. The Morgan fingerprint density at radius 3 is 2.91 bits per heavy atom. The Labute approximate surface area is 62.0 Å². The van der Waals surface area contributed by atoms with E-state index in [9.17, 15) is 9.59 Å². The summed E-state index contributed by atoms with van der Waals surface area (Å²) in [5.74, 6) is -0.463. The van der Waals surface area contributed by atoms with Crippen molar-refractivity contribution in [3.63, 3.8) is 0 Å². The molecule has 0 aliphatic carbocycles. The highest BCUT2D eigenvalue weighted by Gasteiger charge is 2.10. The van der Waals surface area contributed by atoms with Gasteiger partial charge in [-0.05, 0) is 6.92 Å².